The van der Waals surface area contributed by atoms with Crippen molar-refractivity contribution in [1.82, 2.24) is 0 Å². The third kappa shape index (κ3) is 3.18. The van der Waals surface area contributed by atoms with Crippen molar-refractivity contribution in [3.8, 4) is 0 Å². The van der Waals surface area contributed by atoms with Crippen LogP contribution in [-0.2, 0) is 11.3 Å². The Balaban J connectivity index is 2.84. The number of hydrogen-bond acceptors (Lipinski definition) is 5. The number of nitrogens with zero attached hydrogens (tertiary/aromatic N) is 1. The molecular formula is C10H15N3O3. The van der Waals surface area contributed by atoms with Gasteiger partial charge < -0.3 is 10.2 Å². The minimum atomic E-state index is -0.441. The monoisotopic (exact) mass is 225 g/mol. The summed E-state index contributed by atoms with van der Waals surface area (Å²) < 4.78 is 5.33. The third-order valence-electron chi connectivity index (χ3n) is 2.06. The number of benzene rings is 1. The molecule has 0 atom stereocenters. The molecular weight excluding hydrogens is 210 g/mol. The first kappa shape index (κ1) is 12.4. The summed E-state index contributed by atoms with van der Waals surface area (Å²) in [6.45, 7) is 2.93. The number of rotatable bonds is 6. The number of nitrogens with one attached hydrogen (secondary N) is 1. The Morgan fingerprint density at radius 1 is 1.56 bits per heavy atom. The fourth-order valence-corrected chi connectivity index (χ4v) is 1.28. The van der Waals surface area contributed by atoms with E-state index in [0.29, 0.717) is 24.5 Å². The lowest BCUT2D eigenvalue weighted by Gasteiger charge is -2.08. The minimum absolute atomic E-state index is 0.0362. The highest BCUT2D eigenvalue weighted by Crippen LogP contribution is 2.22. The molecule has 0 aromatic heterocycles. The average molecular weight is 225 g/mol. The van der Waals surface area contributed by atoms with Crippen molar-refractivity contribution in [2.75, 3.05) is 12.0 Å². The zero-order chi connectivity index (χ0) is 12.0. The van der Waals surface area contributed by atoms with Crippen LogP contribution >= 0.6 is 0 Å². The van der Waals surface area contributed by atoms with Crippen LogP contribution in [0.3, 0.4) is 0 Å². The maximum Gasteiger partial charge on any atom is 0.269 e. The molecule has 88 valence electrons. The van der Waals surface area contributed by atoms with E-state index >= 15 is 0 Å². The Kier molecular flexibility index (Phi) is 4.68. The largest absolute Gasteiger partial charge is 0.377 e. The van der Waals surface area contributed by atoms with Gasteiger partial charge in [-0.25, -0.2) is 0 Å². The van der Waals surface area contributed by atoms with Crippen molar-refractivity contribution >= 4 is 11.4 Å². The molecule has 1 aromatic rings. The van der Waals surface area contributed by atoms with E-state index < -0.39 is 4.92 Å². The molecule has 0 aliphatic heterocycles. The number of hydrogen-bond donors (Lipinski definition) is 2. The topological polar surface area (TPSA) is 90.4 Å². The van der Waals surface area contributed by atoms with E-state index in [-0.39, 0.29) is 5.69 Å². The highest BCUT2D eigenvalue weighted by Gasteiger charge is 2.10. The van der Waals surface area contributed by atoms with Gasteiger partial charge in [0.15, 0.2) is 0 Å². The normalized spacial score (nSPS) is 10.1. The van der Waals surface area contributed by atoms with Gasteiger partial charge in [0.2, 0.25) is 0 Å². The molecule has 1 rings (SSSR count). The number of anilines is 1. The Labute approximate surface area is 93.5 Å². The molecule has 6 heteroatoms. The Morgan fingerprint density at radius 2 is 2.31 bits per heavy atom. The van der Waals surface area contributed by atoms with Gasteiger partial charge in [-0.15, -0.1) is 0 Å². The van der Waals surface area contributed by atoms with Crippen molar-refractivity contribution in [3.05, 3.63) is 33.9 Å². The summed E-state index contributed by atoms with van der Waals surface area (Å²) in [5.41, 5.74) is 3.85. The van der Waals surface area contributed by atoms with Gasteiger partial charge in [-0.1, -0.05) is 6.92 Å². The number of hydrazine groups is 1. The van der Waals surface area contributed by atoms with Crippen molar-refractivity contribution < 1.29 is 9.66 Å². The molecule has 0 amide bonds. The standard InChI is InChI=1S/C10H15N3O3/c1-2-5-16-7-8-6-9(13(14)15)3-4-10(8)12-11/h3-4,6,12H,2,5,7,11H2,1H3. The molecule has 0 radical (unpaired) electrons. The number of nitro groups is 1. The zero-order valence-electron chi connectivity index (χ0n) is 9.10. The molecule has 0 aliphatic carbocycles. The first-order valence-electron chi connectivity index (χ1n) is 5.00. The molecule has 0 unspecified atom stereocenters. The van der Waals surface area contributed by atoms with Crippen LogP contribution in [0, 0.1) is 10.1 Å². The summed E-state index contributed by atoms with van der Waals surface area (Å²) in [6, 6.07) is 4.44. The van der Waals surface area contributed by atoms with Crippen molar-refractivity contribution in [2.45, 2.75) is 20.0 Å². The van der Waals surface area contributed by atoms with E-state index in [1.165, 1.54) is 12.1 Å². The fourth-order valence-electron chi connectivity index (χ4n) is 1.28. The van der Waals surface area contributed by atoms with Crippen molar-refractivity contribution in [3.63, 3.8) is 0 Å². The van der Waals surface area contributed by atoms with Crippen LogP contribution in [0.25, 0.3) is 0 Å². The molecule has 0 spiro atoms. The molecule has 0 fully saturated rings. The Hall–Kier alpha value is -1.66. The van der Waals surface area contributed by atoms with Gasteiger partial charge in [-0.2, -0.15) is 0 Å². The van der Waals surface area contributed by atoms with Crippen molar-refractivity contribution in [1.29, 1.82) is 0 Å². The first-order valence-corrected chi connectivity index (χ1v) is 5.00. The van der Waals surface area contributed by atoms with E-state index in [4.69, 9.17) is 10.6 Å². The van der Waals surface area contributed by atoms with E-state index in [1.807, 2.05) is 6.92 Å². The van der Waals surface area contributed by atoms with Gasteiger partial charge in [-0.05, 0) is 12.5 Å². The lowest BCUT2D eigenvalue weighted by atomic mass is 10.1. The lowest BCUT2D eigenvalue weighted by molar-refractivity contribution is -0.384. The highest BCUT2D eigenvalue weighted by atomic mass is 16.6. The smallest absolute Gasteiger partial charge is 0.269 e. The second-order valence-corrected chi connectivity index (χ2v) is 3.30. The van der Waals surface area contributed by atoms with Crippen LogP contribution in [0.1, 0.15) is 18.9 Å². The predicted octanol–water partition coefficient (Wildman–Crippen LogP) is 1.81. The molecule has 0 saturated heterocycles. The predicted molar refractivity (Wildman–Crippen MR) is 60.9 cm³/mol. The molecule has 0 aliphatic rings. The van der Waals surface area contributed by atoms with E-state index in [2.05, 4.69) is 5.43 Å². The molecule has 0 bridgehead atoms. The molecule has 0 heterocycles. The molecule has 0 saturated carbocycles. The first-order chi connectivity index (χ1) is 7.69. The summed E-state index contributed by atoms with van der Waals surface area (Å²) in [5, 5.41) is 10.6. The second kappa shape index (κ2) is 6.04. The summed E-state index contributed by atoms with van der Waals surface area (Å²) >= 11 is 0. The lowest BCUT2D eigenvalue weighted by Crippen LogP contribution is -2.10. The molecule has 6 nitrogen and oxygen atoms in total. The minimum Gasteiger partial charge on any atom is -0.377 e. The van der Waals surface area contributed by atoms with Gasteiger partial charge in [0.1, 0.15) is 0 Å². The van der Waals surface area contributed by atoms with E-state index in [9.17, 15) is 10.1 Å². The number of nitrogen functional groups attached to an aromatic ring is 1. The van der Waals surface area contributed by atoms with E-state index in [0.717, 1.165) is 6.42 Å². The Bertz CT molecular complexity index is 368. The highest BCUT2D eigenvalue weighted by molar-refractivity contribution is 5.55. The van der Waals surface area contributed by atoms with E-state index in [1.54, 1.807) is 6.07 Å². The van der Waals surface area contributed by atoms with Crippen LogP contribution < -0.4 is 11.3 Å². The summed E-state index contributed by atoms with van der Waals surface area (Å²) in [5.74, 6) is 5.31. The number of ether oxygens (including phenoxy) is 1. The number of nitro benzene ring substituents is 1. The van der Waals surface area contributed by atoms with Gasteiger partial charge in [0.25, 0.3) is 5.69 Å². The van der Waals surface area contributed by atoms with Crippen LogP contribution in [0.15, 0.2) is 18.2 Å². The van der Waals surface area contributed by atoms with Gasteiger partial charge in [0.05, 0.1) is 17.2 Å². The quantitative estimate of drug-likeness (QED) is 0.333. The van der Waals surface area contributed by atoms with Gasteiger partial charge in [0, 0.05) is 24.3 Å². The summed E-state index contributed by atoms with van der Waals surface area (Å²) in [4.78, 5) is 10.2. The van der Waals surface area contributed by atoms with Crippen molar-refractivity contribution in [2.24, 2.45) is 5.84 Å². The Morgan fingerprint density at radius 3 is 2.88 bits per heavy atom. The maximum absolute atomic E-state index is 10.6. The van der Waals surface area contributed by atoms with Crippen LogP contribution in [-0.4, -0.2) is 11.5 Å². The van der Waals surface area contributed by atoms with Crippen LogP contribution in [0.5, 0.6) is 0 Å². The fraction of sp³-hybridized carbons (Fsp3) is 0.400. The molecule has 1 aromatic carbocycles. The third-order valence-corrected chi connectivity index (χ3v) is 2.06. The second-order valence-electron chi connectivity index (χ2n) is 3.30. The zero-order valence-corrected chi connectivity index (χ0v) is 9.10. The maximum atomic E-state index is 10.6. The van der Waals surface area contributed by atoms with Crippen LogP contribution in [0.4, 0.5) is 11.4 Å². The molecule has 3 N–H and O–H groups in total. The van der Waals surface area contributed by atoms with Crippen LogP contribution in [0.2, 0.25) is 0 Å². The number of nitrogens with two attached hydrogens (primary N) is 1. The summed E-state index contributed by atoms with van der Waals surface area (Å²) in [7, 11) is 0. The average Bonchev–Trinajstić information content (AvgIpc) is 2.29. The molecule has 16 heavy (non-hydrogen) atoms. The summed E-state index contributed by atoms with van der Waals surface area (Å²) in [6.07, 6.45) is 0.903. The van der Waals surface area contributed by atoms with Gasteiger partial charge in [-0.3, -0.25) is 16.0 Å². The number of non-ortho nitro benzene ring substituents is 1. The van der Waals surface area contributed by atoms with Gasteiger partial charge >= 0.3 is 0 Å². The SMILES string of the molecule is CCCOCc1cc([N+](=O)[O-])ccc1NN.